The summed E-state index contributed by atoms with van der Waals surface area (Å²) in [5.41, 5.74) is 3.09. The summed E-state index contributed by atoms with van der Waals surface area (Å²) < 4.78 is 5.58. The van der Waals surface area contributed by atoms with Gasteiger partial charge in [0.15, 0.2) is 0 Å². The van der Waals surface area contributed by atoms with E-state index in [0.29, 0.717) is 18.2 Å². The minimum atomic E-state index is -0.241. The zero-order valence-corrected chi connectivity index (χ0v) is 14.7. The van der Waals surface area contributed by atoms with Gasteiger partial charge in [-0.1, -0.05) is 19.1 Å². The van der Waals surface area contributed by atoms with E-state index in [2.05, 4.69) is 27.5 Å². The topological polar surface area (TPSA) is 76.1 Å². The van der Waals surface area contributed by atoms with Crippen LogP contribution in [0.4, 0.5) is 11.6 Å². The Morgan fingerprint density at radius 2 is 2.08 bits per heavy atom. The number of benzene rings is 1. The minimum Gasteiger partial charge on any atom is -0.376 e. The van der Waals surface area contributed by atoms with Gasteiger partial charge in [0, 0.05) is 24.5 Å². The zero-order chi connectivity index (χ0) is 17.6. The third-order valence-electron chi connectivity index (χ3n) is 4.22. The van der Waals surface area contributed by atoms with Gasteiger partial charge in [-0.25, -0.2) is 9.97 Å². The highest BCUT2D eigenvalue weighted by atomic mass is 16.5. The molecule has 2 N–H and O–H groups in total. The number of aryl methyl sites for hydroxylation is 2. The Labute approximate surface area is 148 Å². The maximum atomic E-state index is 12.5. The van der Waals surface area contributed by atoms with Crippen molar-refractivity contribution in [1.82, 2.24) is 9.97 Å². The third kappa shape index (κ3) is 4.76. The first kappa shape index (κ1) is 17.4. The first-order valence-electron chi connectivity index (χ1n) is 8.75. The summed E-state index contributed by atoms with van der Waals surface area (Å²) in [6, 6.07) is 9.51. The highest BCUT2D eigenvalue weighted by Crippen LogP contribution is 2.14. The first-order valence-corrected chi connectivity index (χ1v) is 8.75. The lowest BCUT2D eigenvalue weighted by atomic mass is 10.1. The van der Waals surface area contributed by atoms with Gasteiger partial charge < -0.3 is 15.4 Å². The summed E-state index contributed by atoms with van der Waals surface area (Å²) in [6.07, 6.45) is 3.29. The molecule has 1 amide bonds. The molecule has 0 bridgehead atoms. The van der Waals surface area contributed by atoms with Crippen LogP contribution in [0.5, 0.6) is 0 Å². The van der Waals surface area contributed by atoms with E-state index in [-0.39, 0.29) is 12.0 Å². The van der Waals surface area contributed by atoms with Gasteiger partial charge in [-0.3, -0.25) is 4.79 Å². The predicted octanol–water partition coefficient (Wildman–Crippen LogP) is 3.19. The van der Waals surface area contributed by atoms with Gasteiger partial charge in [0.2, 0.25) is 5.95 Å². The molecular formula is C19H24N4O2. The fourth-order valence-electron chi connectivity index (χ4n) is 2.79. The van der Waals surface area contributed by atoms with Crippen LogP contribution in [0.15, 0.2) is 30.3 Å². The van der Waals surface area contributed by atoms with Crippen molar-refractivity contribution in [3.05, 3.63) is 47.3 Å². The summed E-state index contributed by atoms with van der Waals surface area (Å²) in [6.45, 7) is 5.42. The number of ether oxygens (including phenoxy) is 1. The molecule has 3 rings (SSSR count). The van der Waals surface area contributed by atoms with Crippen molar-refractivity contribution in [2.45, 2.75) is 39.2 Å². The summed E-state index contributed by atoms with van der Waals surface area (Å²) in [5, 5.41) is 6.05. The molecule has 6 heteroatoms. The van der Waals surface area contributed by atoms with E-state index < -0.39 is 0 Å². The average Bonchev–Trinajstić information content (AvgIpc) is 3.14. The second kappa shape index (κ2) is 8.07. The normalized spacial score (nSPS) is 16.6. The van der Waals surface area contributed by atoms with Crippen molar-refractivity contribution in [3.63, 3.8) is 0 Å². The quantitative estimate of drug-likeness (QED) is 0.844. The van der Waals surface area contributed by atoms with Crippen LogP contribution in [0.1, 0.15) is 41.5 Å². The summed E-state index contributed by atoms with van der Waals surface area (Å²) in [7, 11) is 0. The Balaban J connectivity index is 1.66. The zero-order valence-electron chi connectivity index (χ0n) is 14.7. The van der Waals surface area contributed by atoms with E-state index in [4.69, 9.17) is 4.74 Å². The number of aromatic nitrogens is 2. The van der Waals surface area contributed by atoms with Gasteiger partial charge >= 0.3 is 0 Å². The standard InChI is InChI=1S/C19H24N4O2/c1-3-14-6-8-15(9-7-14)22-18(24)17-11-13(2)21-19(23-17)20-12-16-5-4-10-25-16/h6-9,11,16H,3-5,10,12H2,1-2H3,(H,22,24)(H,20,21,23). The van der Waals surface area contributed by atoms with E-state index in [1.807, 2.05) is 31.2 Å². The highest BCUT2D eigenvalue weighted by molar-refractivity contribution is 6.03. The lowest BCUT2D eigenvalue weighted by molar-refractivity contribution is 0.102. The number of nitrogens with zero attached hydrogens (tertiary/aromatic N) is 2. The number of amides is 1. The summed E-state index contributed by atoms with van der Waals surface area (Å²) in [4.78, 5) is 21.2. The molecule has 0 aliphatic carbocycles. The van der Waals surface area contributed by atoms with Crippen LogP contribution in [-0.2, 0) is 11.2 Å². The molecule has 1 aromatic heterocycles. The lowest BCUT2D eigenvalue weighted by Gasteiger charge is -2.12. The van der Waals surface area contributed by atoms with Gasteiger partial charge in [-0.2, -0.15) is 0 Å². The van der Waals surface area contributed by atoms with E-state index in [0.717, 1.165) is 37.3 Å². The number of nitrogens with one attached hydrogen (secondary N) is 2. The van der Waals surface area contributed by atoms with E-state index in [1.54, 1.807) is 6.07 Å². The number of carbonyl (C=O) groups excluding carboxylic acids is 1. The molecule has 1 aromatic carbocycles. The molecular weight excluding hydrogens is 316 g/mol. The number of rotatable bonds is 6. The molecule has 1 aliphatic heterocycles. The lowest BCUT2D eigenvalue weighted by Crippen LogP contribution is -2.21. The molecule has 0 spiro atoms. The van der Waals surface area contributed by atoms with E-state index >= 15 is 0 Å². The molecule has 1 saturated heterocycles. The SMILES string of the molecule is CCc1ccc(NC(=O)c2cc(C)nc(NCC3CCCO3)n2)cc1. The summed E-state index contributed by atoms with van der Waals surface area (Å²) in [5.74, 6) is 0.219. The molecule has 0 radical (unpaired) electrons. The molecule has 0 saturated carbocycles. The van der Waals surface area contributed by atoms with Gasteiger partial charge in [-0.15, -0.1) is 0 Å². The largest absolute Gasteiger partial charge is 0.376 e. The van der Waals surface area contributed by atoms with Crippen LogP contribution in [0.25, 0.3) is 0 Å². The van der Waals surface area contributed by atoms with Crippen molar-refractivity contribution in [1.29, 1.82) is 0 Å². The van der Waals surface area contributed by atoms with Crippen LogP contribution in [0.2, 0.25) is 0 Å². The monoisotopic (exact) mass is 340 g/mol. The van der Waals surface area contributed by atoms with Crippen LogP contribution >= 0.6 is 0 Å². The molecule has 25 heavy (non-hydrogen) atoms. The van der Waals surface area contributed by atoms with Crippen LogP contribution in [0.3, 0.4) is 0 Å². The molecule has 1 atom stereocenters. The fraction of sp³-hybridized carbons (Fsp3) is 0.421. The summed E-state index contributed by atoms with van der Waals surface area (Å²) >= 11 is 0. The van der Waals surface area contributed by atoms with Crippen LogP contribution < -0.4 is 10.6 Å². The van der Waals surface area contributed by atoms with Gasteiger partial charge in [0.1, 0.15) is 5.69 Å². The van der Waals surface area contributed by atoms with E-state index in [1.165, 1.54) is 5.56 Å². The smallest absolute Gasteiger partial charge is 0.274 e. The highest BCUT2D eigenvalue weighted by Gasteiger charge is 2.16. The second-order valence-corrected chi connectivity index (χ2v) is 6.24. The van der Waals surface area contributed by atoms with Crippen LogP contribution in [-0.4, -0.2) is 35.1 Å². The molecule has 1 fully saturated rings. The maximum absolute atomic E-state index is 12.5. The number of hydrogen-bond donors (Lipinski definition) is 2. The molecule has 2 heterocycles. The van der Waals surface area contributed by atoms with Gasteiger partial charge in [0.05, 0.1) is 6.10 Å². The van der Waals surface area contributed by atoms with Crippen LogP contribution in [0, 0.1) is 6.92 Å². The minimum absolute atomic E-state index is 0.193. The maximum Gasteiger partial charge on any atom is 0.274 e. The van der Waals surface area contributed by atoms with Crippen molar-refractivity contribution in [3.8, 4) is 0 Å². The Kier molecular flexibility index (Phi) is 5.60. The number of hydrogen-bond acceptors (Lipinski definition) is 5. The van der Waals surface area contributed by atoms with Crippen molar-refractivity contribution < 1.29 is 9.53 Å². The molecule has 132 valence electrons. The molecule has 2 aromatic rings. The Morgan fingerprint density at radius 3 is 2.76 bits per heavy atom. The number of anilines is 2. The average molecular weight is 340 g/mol. The second-order valence-electron chi connectivity index (χ2n) is 6.24. The predicted molar refractivity (Wildman–Crippen MR) is 98.0 cm³/mol. The number of carbonyl (C=O) groups is 1. The van der Waals surface area contributed by atoms with Gasteiger partial charge in [0.25, 0.3) is 5.91 Å². The molecule has 1 aliphatic rings. The van der Waals surface area contributed by atoms with Crippen molar-refractivity contribution in [2.24, 2.45) is 0 Å². The Bertz CT molecular complexity index is 725. The Hall–Kier alpha value is -2.47. The molecule has 1 unspecified atom stereocenters. The van der Waals surface area contributed by atoms with Crippen molar-refractivity contribution >= 4 is 17.5 Å². The van der Waals surface area contributed by atoms with Gasteiger partial charge in [-0.05, 0) is 49.9 Å². The van der Waals surface area contributed by atoms with E-state index in [9.17, 15) is 4.79 Å². The van der Waals surface area contributed by atoms with Crippen molar-refractivity contribution in [2.75, 3.05) is 23.8 Å². The fourth-order valence-corrected chi connectivity index (χ4v) is 2.79. The first-order chi connectivity index (χ1) is 12.1. The Morgan fingerprint density at radius 1 is 1.28 bits per heavy atom. The third-order valence-corrected chi connectivity index (χ3v) is 4.22. The molecule has 6 nitrogen and oxygen atoms in total.